The van der Waals surface area contributed by atoms with E-state index in [0.717, 1.165) is 39.8 Å². The van der Waals surface area contributed by atoms with Crippen LogP contribution in [0.25, 0.3) is 10.9 Å². The van der Waals surface area contributed by atoms with Crippen molar-refractivity contribution in [3.05, 3.63) is 86.7 Å². The normalized spacial score (nSPS) is 12.1. The summed E-state index contributed by atoms with van der Waals surface area (Å²) < 4.78 is 15.3. The van der Waals surface area contributed by atoms with Crippen LogP contribution in [0.5, 0.6) is 0 Å². The van der Waals surface area contributed by atoms with Gasteiger partial charge in [-0.3, -0.25) is 9.69 Å². The van der Waals surface area contributed by atoms with E-state index >= 15 is 0 Å². The van der Waals surface area contributed by atoms with Gasteiger partial charge in [0.2, 0.25) is 0 Å². The molecule has 2 aromatic heterocycles. The summed E-state index contributed by atoms with van der Waals surface area (Å²) in [5.41, 5.74) is 4.33. The Bertz CT molecular complexity index is 1360. The van der Waals surface area contributed by atoms with Crippen LogP contribution >= 0.6 is 0 Å². The summed E-state index contributed by atoms with van der Waals surface area (Å²) >= 11 is 0. The summed E-state index contributed by atoms with van der Waals surface area (Å²) in [5.74, 6) is 0.443. The lowest BCUT2D eigenvalue weighted by Crippen LogP contribution is -2.32. The first-order chi connectivity index (χ1) is 16.2. The van der Waals surface area contributed by atoms with Gasteiger partial charge in [-0.15, -0.1) is 5.10 Å². The highest BCUT2D eigenvalue weighted by molar-refractivity contribution is 5.83. The Morgan fingerprint density at radius 1 is 1.06 bits per heavy atom. The first-order valence-electron chi connectivity index (χ1n) is 11.5. The first-order valence-corrected chi connectivity index (χ1v) is 11.5. The second-order valence-electron chi connectivity index (χ2n) is 9.54. The zero-order valence-corrected chi connectivity index (χ0v) is 20.4. The molecule has 4 aromatic rings. The lowest BCUT2D eigenvalue weighted by Gasteiger charge is -2.27. The number of tetrazole rings is 1. The van der Waals surface area contributed by atoms with Crippen LogP contribution in [-0.4, -0.2) is 30.1 Å². The van der Waals surface area contributed by atoms with E-state index in [2.05, 4.69) is 52.2 Å². The lowest BCUT2D eigenvalue weighted by atomic mass is 10.0. The molecule has 178 valence electrons. The van der Waals surface area contributed by atoms with Crippen LogP contribution in [0.4, 0.5) is 4.39 Å². The Morgan fingerprint density at radius 3 is 2.50 bits per heavy atom. The Labute approximate surface area is 198 Å². The van der Waals surface area contributed by atoms with Crippen LogP contribution in [0, 0.1) is 19.7 Å². The minimum Gasteiger partial charge on any atom is -0.321 e. The molecule has 0 aliphatic heterocycles. The summed E-state index contributed by atoms with van der Waals surface area (Å²) in [7, 11) is 0. The fourth-order valence-corrected chi connectivity index (χ4v) is 4.07. The van der Waals surface area contributed by atoms with Crippen molar-refractivity contribution in [3.8, 4) is 0 Å². The number of aryl methyl sites for hydroxylation is 2. The van der Waals surface area contributed by atoms with Gasteiger partial charge < -0.3 is 4.98 Å². The Hall–Kier alpha value is -3.39. The van der Waals surface area contributed by atoms with E-state index in [1.807, 2.05) is 30.7 Å². The molecule has 0 spiro atoms. The van der Waals surface area contributed by atoms with E-state index in [1.165, 1.54) is 12.1 Å². The van der Waals surface area contributed by atoms with Gasteiger partial charge in [-0.2, -0.15) is 0 Å². The molecular weight excluding hydrogens is 431 g/mol. The average Bonchev–Trinajstić information content (AvgIpc) is 3.28. The zero-order chi connectivity index (χ0) is 24.5. The fraction of sp³-hybridized carbons (Fsp3) is 0.385. The second-order valence-corrected chi connectivity index (χ2v) is 9.54. The molecule has 0 radical (unpaired) electrons. The summed E-state index contributed by atoms with van der Waals surface area (Å²) in [6, 6.07) is 12.5. The number of pyridine rings is 1. The number of hydrogen-bond donors (Lipinski definition) is 1. The smallest absolute Gasteiger partial charge is 0.252 e. The second kappa shape index (κ2) is 9.46. The van der Waals surface area contributed by atoms with Gasteiger partial charge in [0.1, 0.15) is 5.82 Å². The highest BCUT2D eigenvalue weighted by Gasteiger charge is 2.25. The van der Waals surface area contributed by atoms with Crippen molar-refractivity contribution in [2.45, 2.75) is 66.2 Å². The summed E-state index contributed by atoms with van der Waals surface area (Å²) in [5, 5.41) is 13.4. The third-order valence-electron chi connectivity index (χ3n) is 6.68. The van der Waals surface area contributed by atoms with Crippen LogP contribution in [-0.2, 0) is 25.2 Å². The van der Waals surface area contributed by atoms with Crippen LogP contribution in [0.1, 0.15) is 55.3 Å². The van der Waals surface area contributed by atoms with Crippen molar-refractivity contribution in [3.63, 3.8) is 0 Å². The maximum absolute atomic E-state index is 13.5. The van der Waals surface area contributed by atoms with E-state index in [1.54, 1.807) is 12.1 Å². The van der Waals surface area contributed by atoms with Crippen molar-refractivity contribution in [1.82, 2.24) is 30.1 Å². The highest BCUT2D eigenvalue weighted by Crippen LogP contribution is 2.22. The molecule has 0 fully saturated rings. The maximum Gasteiger partial charge on any atom is 0.252 e. The summed E-state index contributed by atoms with van der Waals surface area (Å²) in [4.78, 5) is 18.2. The minimum atomic E-state index is -0.277. The van der Waals surface area contributed by atoms with Gasteiger partial charge in [-0.1, -0.05) is 31.2 Å². The molecule has 0 unspecified atom stereocenters. The summed E-state index contributed by atoms with van der Waals surface area (Å²) in [6.45, 7) is 11.7. The molecule has 1 N–H and O–H groups in total. The SMILES string of the molecule is CCC(C)(C)n1nnnc1CN(Cc1ccc(F)cc1)Cc1cc2ccc(C)c(C)c2[nH]c1=O. The number of halogens is 1. The largest absolute Gasteiger partial charge is 0.321 e. The van der Waals surface area contributed by atoms with Crippen LogP contribution in [0.15, 0.2) is 47.3 Å². The molecule has 7 nitrogen and oxygen atoms in total. The molecule has 0 atom stereocenters. The molecule has 0 bridgehead atoms. The molecule has 2 heterocycles. The van der Waals surface area contributed by atoms with Crippen LogP contribution in [0.2, 0.25) is 0 Å². The zero-order valence-electron chi connectivity index (χ0n) is 20.4. The van der Waals surface area contributed by atoms with E-state index in [-0.39, 0.29) is 16.9 Å². The van der Waals surface area contributed by atoms with E-state index < -0.39 is 0 Å². The predicted molar refractivity (Wildman–Crippen MR) is 131 cm³/mol. The summed E-state index contributed by atoms with van der Waals surface area (Å²) in [6.07, 6.45) is 0.867. The molecule has 0 saturated carbocycles. The van der Waals surface area contributed by atoms with Gasteiger partial charge in [0, 0.05) is 18.7 Å². The Balaban J connectivity index is 1.70. The number of nitrogens with one attached hydrogen (secondary N) is 1. The first kappa shape index (κ1) is 23.8. The monoisotopic (exact) mass is 462 g/mol. The highest BCUT2D eigenvalue weighted by atomic mass is 19.1. The van der Waals surface area contributed by atoms with Gasteiger partial charge in [-0.05, 0) is 84.8 Å². The lowest BCUT2D eigenvalue weighted by molar-refractivity contribution is 0.217. The third kappa shape index (κ3) is 4.92. The fourth-order valence-electron chi connectivity index (χ4n) is 4.07. The van der Waals surface area contributed by atoms with Crippen LogP contribution < -0.4 is 5.56 Å². The molecule has 34 heavy (non-hydrogen) atoms. The number of rotatable bonds is 8. The molecule has 2 aromatic carbocycles. The van der Waals surface area contributed by atoms with Crippen molar-refractivity contribution in [1.29, 1.82) is 0 Å². The topological polar surface area (TPSA) is 79.7 Å². The van der Waals surface area contributed by atoms with Gasteiger partial charge in [-0.25, -0.2) is 9.07 Å². The third-order valence-corrected chi connectivity index (χ3v) is 6.68. The molecule has 4 rings (SSSR count). The average molecular weight is 463 g/mol. The Morgan fingerprint density at radius 2 is 1.79 bits per heavy atom. The molecule has 0 aliphatic rings. The molecule has 8 heteroatoms. The van der Waals surface area contributed by atoms with Gasteiger partial charge in [0.05, 0.1) is 17.6 Å². The predicted octanol–water partition coefficient (Wildman–Crippen LogP) is 4.62. The van der Waals surface area contributed by atoms with E-state index in [4.69, 9.17) is 0 Å². The molecule has 0 amide bonds. The number of benzene rings is 2. The van der Waals surface area contributed by atoms with Crippen LogP contribution in [0.3, 0.4) is 0 Å². The molecular formula is C26H31FN6O. The van der Waals surface area contributed by atoms with Gasteiger partial charge in [0.25, 0.3) is 5.56 Å². The van der Waals surface area contributed by atoms with Gasteiger partial charge in [0.15, 0.2) is 5.82 Å². The number of aromatic nitrogens is 5. The van der Waals surface area contributed by atoms with Crippen molar-refractivity contribution in [2.24, 2.45) is 0 Å². The standard InChI is InChI=1S/C26H31FN6O/c1-6-26(4,5)33-23(29-30-31-33)16-32(14-19-8-11-22(27)12-9-19)15-21-13-20-10-7-17(2)18(3)24(20)28-25(21)34/h7-13H,6,14-16H2,1-5H3,(H,28,34). The quantitative estimate of drug-likeness (QED) is 0.413. The van der Waals surface area contributed by atoms with Gasteiger partial charge >= 0.3 is 0 Å². The number of H-pyrrole nitrogens is 1. The number of fused-ring (bicyclic) bond motifs is 1. The van der Waals surface area contributed by atoms with Crippen molar-refractivity contribution in [2.75, 3.05) is 0 Å². The van der Waals surface area contributed by atoms with Crippen molar-refractivity contribution >= 4 is 10.9 Å². The number of aromatic amines is 1. The Kier molecular flexibility index (Phi) is 6.61. The molecule has 0 aliphatic carbocycles. The minimum absolute atomic E-state index is 0.112. The number of nitrogens with zero attached hydrogens (tertiary/aromatic N) is 5. The number of hydrogen-bond acceptors (Lipinski definition) is 5. The van der Waals surface area contributed by atoms with Crippen molar-refractivity contribution < 1.29 is 4.39 Å². The molecule has 0 saturated heterocycles. The van der Waals surface area contributed by atoms with E-state index in [9.17, 15) is 9.18 Å². The maximum atomic E-state index is 13.5. The van der Waals surface area contributed by atoms with E-state index in [0.29, 0.717) is 25.2 Å².